The number of amides is 2. The monoisotopic (exact) mass is 371 g/mol. The van der Waals surface area contributed by atoms with Crippen LogP contribution in [-0.4, -0.2) is 39.1 Å². The molecule has 2 aromatic heterocycles. The topological polar surface area (TPSA) is 107 Å². The lowest BCUT2D eigenvalue weighted by Gasteiger charge is -2.20. The highest BCUT2D eigenvalue weighted by Gasteiger charge is 2.20. The molecule has 2 rings (SSSR count). The Morgan fingerprint density at radius 3 is 2.78 bits per heavy atom. The highest BCUT2D eigenvalue weighted by molar-refractivity contribution is 5.80. The van der Waals surface area contributed by atoms with E-state index in [2.05, 4.69) is 27.7 Å². The van der Waals surface area contributed by atoms with Gasteiger partial charge in [0.1, 0.15) is 0 Å². The number of carbonyl (C=O) groups excluding carboxylic acids is 2. The maximum atomic E-state index is 12.5. The summed E-state index contributed by atoms with van der Waals surface area (Å²) in [6.07, 6.45) is 10.5. The maximum Gasteiger partial charge on any atom is 0.243 e. The normalized spacial score (nSPS) is 11.5. The lowest BCUT2D eigenvalue weighted by atomic mass is 10.0. The number of pyridine rings is 2. The Kier molecular flexibility index (Phi) is 8.18. The molecular weight excluding hydrogens is 346 g/mol. The minimum absolute atomic E-state index is 0.0469. The van der Waals surface area contributed by atoms with Crippen molar-refractivity contribution in [2.45, 2.75) is 32.6 Å². The van der Waals surface area contributed by atoms with E-state index in [9.17, 15) is 14.8 Å². The number of nitrogens with zero attached hydrogens (tertiary/aromatic N) is 3. The quantitative estimate of drug-likeness (QED) is 0.243. The summed E-state index contributed by atoms with van der Waals surface area (Å²) in [4.78, 5) is 31.4. The second-order valence-electron chi connectivity index (χ2n) is 6.24. The van der Waals surface area contributed by atoms with Crippen molar-refractivity contribution in [3.63, 3.8) is 0 Å². The van der Waals surface area contributed by atoms with Crippen LogP contribution >= 0.6 is 0 Å². The first-order valence-electron chi connectivity index (χ1n) is 8.96. The number of hydrogen-bond donors (Lipinski definition) is 3. The van der Waals surface area contributed by atoms with Gasteiger partial charge in [0, 0.05) is 29.7 Å². The fraction of sp³-hybridized carbons (Fsp3) is 0.368. The van der Waals surface area contributed by atoms with Gasteiger partial charge in [0.2, 0.25) is 12.3 Å². The largest absolute Gasteiger partial charge is 0.297 e. The Labute approximate surface area is 158 Å². The van der Waals surface area contributed by atoms with Gasteiger partial charge in [0.05, 0.1) is 24.3 Å². The average molecular weight is 371 g/mol. The van der Waals surface area contributed by atoms with Crippen molar-refractivity contribution >= 4 is 18.0 Å². The van der Waals surface area contributed by atoms with E-state index < -0.39 is 5.92 Å². The Hall–Kier alpha value is -3.00. The van der Waals surface area contributed by atoms with Crippen LogP contribution in [0.5, 0.6) is 0 Å². The third-order valence-corrected chi connectivity index (χ3v) is 4.12. The number of hydrogen-bond acceptors (Lipinski definition) is 6. The molecule has 2 aromatic rings. The lowest BCUT2D eigenvalue weighted by molar-refractivity contribution is -0.154. The third kappa shape index (κ3) is 6.67. The van der Waals surface area contributed by atoms with E-state index in [0.717, 1.165) is 30.4 Å². The van der Waals surface area contributed by atoms with Gasteiger partial charge in [-0.15, -0.1) is 0 Å². The van der Waals surface area contributed by atoms with Gasteiger partial charge in [-0.1, -0.05) is 32.3 Å². The van der Waals surface area contributed by atoms with Gasteiger partial charge >= 0.3 is 0 Å². The summed E-state index contributed by atoms with van der Waals surface area (Å²) in [7, 11) is 0. The summed E-state index contributed by atoms with van der Waals surface area (Å²) in [5.74, 6) is -0.799. The zero-order valence-electron chi connectivity index (χ0n) is 15.3. The lowest BCUT2D eigenvalue weighted by Crippen LogP contribution is -2.40. The summed E-state index contributed by atoms with van der Waals surface area (Å²) in [5.41, 5.74) is 7.88. The van der Waals surface area contributed by atoms with E-state index in [0.29, 0.717) is 23.6 Å². The second-order valence-corrected chi connectivity index (χ2v) is 6.24. The summed E-state index contributed by atoms with van der Waals surface area (Å²) >= 11 is 0. The minimum Gasteiger partial charge on any atom is -0.297 e. The van der Waals surface area contributed by atoms with Crippen molar-refractivity contribution in [3.8, 4) is 11.1 Å². The van der Waals surface area contributed by atoms with E-state index >= 15 is 0 Å². The molecule has 8 nitrogen and oxygen atoms in total. The van der Waals surface area contributed by atoms with Gasteiger partial charge in [-0.05, 0) is 18.6 Å². The molecule has 0 aliphatic carbocycles. The first-order valence-corrected chi connectivity index (χ1v) is 8.96. The Balaban J connectivity index is 1.98. The number of hydroxylamine groups is 2. The molecule has 0 fully saturated rings. The average Bonchev–Trinajstić information content (AvgIpc) is 2.72. The van der Waals surface area contributed by atoms with Crippen molar-refractivity contribution in [1.29, 1.82) is 0 Å². The molecule has 0 saturated carbocycles. The summed E-state index contributed by atoms with van der Waals surface area (Å²) < 4.78 is 0. The molecule has 0 saturated heterocycles. The molecule has 0 bridgehead atoms. The van der Waals surface area contributed by atoms with Gasteiger partial charge in [-0.3, -0.25) is 35.6 Å². The van der Waals surface area contributed by atoms with Crippen LogP contribution in [0.25, 0.3) is 11.1 Å². The predicted molar refractivity (Wildman–Crippen MR) is 101 cm³/mol. The molecule has 3 N–H and O–H groups in total. The molecular formula is C19H25N5O3. The van der Waals surface area contributed by atoms with Gasteiger partial charge in [-0.2, -0.15) is 0 Å². The number of rotatable bonds is 11. The van der Waals surface area contributed by atoms with Gasteiger partial charge < -0.3 is 0 Å². The molecule has 144 valence electrons. The molecule has 0 aliphatic rings. The molecule has 1 atom stereocenters. The second kappa shape index (κ2) is 10.9. The molecule has 2 amide bonds. The molecule has 0 radical (unpaired) electrons. The van der Waals surface area contributed by atoms with Gasteiger partial charge in [0.25, 0.3) is 0 Å². The van der Waals surface area contributed by atoms with Crippen LogP contribution in [0.2, 0.25) is 0 Å². The molecule has 0 spiro atoms. The molecule has 0 aromatic carbocycles. The molecule has 0 unspecified atom stereocenters. The fourth-order valence-corrected chi connectivity index (χ4v) is 2.65. The fourth-order valence-electron chi connectivity index (χ4n) is 2.65. The van der Waals surface area contributed by atoms with Gasteiger partial charge in [0.15, 0.2) is 0 Å². The highest BCUT2D eigenvalue weighted by Crippen LogP contribution is 2.20. The first-order chi connectivity index (χ1) is 13.1. The molecule has 0 aliphatic heterocycles. The maximum absolute atomic E-state index is 12.5. The third-order valence-electron chi connectivity index (χ3n) is 4.12. The van der Waals surface area contributed by atoms with Crippen molar-refractivity contribution in [2.24, 2.45) is 5.92 Å². The first kappa shape index (κ1) is 20.3. The highest BCUT2D eigenvalue weighted by atomic mass is 16.5. The standard InChI is InChI=1S/C19H25N5O3/c1-2-3-4-6-16(13-24(27)14-25)19(26)23-22-18-9-17(11-21-12-18)15-7-5-8-20-10-15/h5,7-12,14,16,22,27H,2-4,6,13H2,1H3,(H,23,26)/t16-/m1/s1. The van der Waals surface area contributed by atoms with Crippen LogP contribution in [0.15, 0.2) is 43.0 Å². The number of unbranched alkanes of at least 4 members (excludes halogenated alkanes) is 2. The van der Waals surface area contributed by atoms with Crippen LogP contribution in [0, 0.1) is 5.92 Å². The van der Waals surface area contributed by atoms with E-state index in [1.807, 2.05) is 18.2 Å². The number of anilines is 1. The summed E-state index contributed by atoms with van der Waals surface area (Å²) in [6.45, 7) is 2.03. The number of aromatic nitrogens is 2. The van der Waals surface area contributed by atoms with E-state index in [4.69, 9.17) is 0 Å². The van der Waals surface area contributed by atoms with E-state index in [1.165, 1.54) is 0 Å². The van der Waals surface area contributed by atoms with Crippen molar-refractivity contribution in [3.05, 3.63) is 43.0 Å². The SMILES string of the molecule is CCCCC[C@H](CN(O)C=O)C(=O)NNc1cncc(-c2cccnc2)c1. The van der Waals surface area contributed by atoms with E-state index in [-0.39, 0.29) is 12.5 Å². The smallest absolute Gasteiger partial charge is 0.243 e. The van der Waals surface area contributed by atoms with Crippen LogP contribution in [0.4, 0.5) is 5.69 Å². The van der Waals surface area contributed by atoms with Crippen molar-refractivity contribution in [2.75, 3.05) is 12.0 Å². The number of carbonyl (C=O) groups is 2. The Morgan fingerprint density at radius 1 is 1.26 bits per heavy atom. The Morgan fingerprint density at radius 2 is 2.07 bits per heavy atom. The van der Waals surface area contributed by atoms with Crippen molar-refractivity contribution < 1.29 is 14.8 Å². The van der Waals surface area contributed by atoms with E-state index in [1.54, 1.807) is 24.8 Å². The number of hydrazine groups is 1. The van der Waals surface area contributed by atoms with Crippen LogP contribution in [-0.2, 0) is 9.59 Å². The zero-order valence-corrected chi connectivity index (χ0v) is 15.3. The molecule has 2 heterocycles. The van der Waals surface area contributed by atoms with Crippen molar-refractivity contribution in [1.82, 2.24) is 20.5 Å². The predicted octanol–water partition coefficient (Wildman–Crippen LogP) is 2.63. The number of nitrogens with one attached hydrogen (secondary N) is 2. The van der Waals surface area contributed by atoms with Crippen LogP contribution in [0.1, 0.15) is 32.6 Å². The summed E-state index contributed by atoms with van der Waals surface area (Å²) in [6, 6.07) is 5.61. The summed E-state index contributed by atoms with van der Waals surface area (Å²) in [5, 5.41) is 9.93. The Bertz CT molecular complexity index is 726. The van der Waals surface area contributed by atoms with Crippen LogP contribution < -0.4 is 10.9 Å². The van der Waals surface area contributed by atoms with Crippen LogP contribution in [0.3, 0.4) is 0 Å². The van der Waals surface area contributed by atoms with Gasteiger partial charge in [-0.25, -0.2) is 5.06 Å². The molecule has 8 heteroatoms. The zero-order chi connectivity index (χ0) is 19.5. The minimum atomic E-state index is -0.506. The molecule has 27 heavy (non-hydrogen) atoms.